The van der Waals surface area contributed by atoms with E-state index < -0.39 is 0 Å². The molecule has 0 saturated heterocycles. The molecule has 0 N–H and O–H groups in total. The fourth-order valence-electron chi connectivity index (χ4n) is 3.54. The summed E-state index contributed by atoms with van der Waals surface area (Å²) in [7, 11) is 0. The summed E-state index contributed by atoms with van der Waals surface area (Å²) in [6.07, 6.45) is 0. The first-order chi connectivity index (χ1) is 11.8. The van der Waals surface area contributed by atoms with Crippen molar-refractivity contribution >= 4 is 48.5 Å². The molecule has 0 aliphatic rings. The average molecular weight is 372 g/mol. The Kier molecular flexibility index (Phi) is 3.00. The maximum Gasteiger partial charge on any atom is 0.0547 e. The van der Waals surface area contributed by atoms with E-state index in [4.69, 9.17) is 0 Å². The largest absolute Gasteiger partial charge is 0.309 e. The van der Waals surface area contributed by atoms with Crippen LogP contribution < -0.4 is 0 Å². The highest BCUT2D eigenvalue weighted by molar-refractivity contribution is 9.10. The van der Waals surface area contributed by atoms with Gasteiger partial charge in [0.15, 0.2) is 0 Å². The summed E-state index contributed by atoms with van der Waals surface area (Å²) >= 11 is 3.58. The van der Waals surface area contributed by atoms with Crippen molar-refractivity contribution in [3.63, 3.8) is 0 Å². The molecule has 1 aromatic heterocycles. The maximum atomic E-state index is 3.58. The summed E-state index contributed by atoms with van der Waals surface area (Å²) in [6, 6.07) is 30.3. The number of halogens is 1. The van der Waals surface area contributed by atoms with Gasteiger partial charge < -0.3 is 4.57 Å². The maximum absolute atomic E-state index is 3.58. The fraction of sp³-hybridized carbons (Fsp3) is 0. The highest BCUT2D eigenvalue weighted by Crippen LogP contribution is 2.35. The Hall–Kier alpha value is -2.58. The van der Waals surface area contributed by atoms with Crippen molar-refractivity contribution in [3.05, 3.63) is 89.4 Å². The summed E-state index contributed by atoms with van der Waals surface area (Å²) in [4.78, 5) is 0. The molecule has 0 bridgehead atoms. The molecule has 0 atom stereocenters. The molecular formula is C22H14BrN. The van der Waals surface area contributed by atoms with Gasteiger partial charge in [-0.1, -0.05) is 58.4 Å². The smallest absolute Gasteiger partial charge is 0.0547 e. The van der Waals surface area contributed by atoms with Crippen LogP contribution in [0, 0.1) is 0 Å². The van der Waals surface area contributed by atoms with Crippen LogP contribution in [0.25, 0.3) is 38.3 Å². The van der Waals surface area contributed by atoms with Crippen LogP contribution in [0.15, 0.2) is 89.4 Å². The van der Waals surface area contributed by atoms with Gasteiger partial charge in [-0.25, -0.2) is 0 Å². The van der Waals surface area contributed by atoms with Crippen LogP contribution in [-0.2, 0) is 0 Å². The van der Waals surface area contributed by atoms with Gasteiger partial charge in [-0.05, 0) is 53.2 Å². The molecule has 2 heteroatoms. The first kappa shape index (κ1) is 13.8. The molecule has 0 unspecified atom stereocenters. The number of aromatic nitrogens is 1. The summed E-state index contributed by atoms with van der Waals surface area (Å²) in [5, 5.41) is 5.09. The average Bonchev–Trinajstić information content (AvgIpc) is 2.94. The molecule has 0 aliphatic heterocycles. The van der Waals surface area contributed by atoms with E-state index in [0.717, 1.165) is 4.47 Å². The van der Waals surface area contributed by atoms with Gasteiger partial charge in [0.25, 0.3) is 0 Å². The van der Waals surface area contributed by atoms with Gasteiger partial charge in [-0.2, -0.15) is 0 Å². The first-order valence-electron chi connectivity index (χ1n) is 7.99. The Morgan fingerprint density at radius 3 is 2.25 bits per heavy atom. The van der Waals surface area contributed by atoms with Gasteiger partial charge in [-0.3, -0.25) is 0 Å². The Morgan fingerprint density at radius 2 is 1.38 bits per heavy atom. The third-order valence-corrected chi connectivity index (χ3v) is 5.10. The van der Waals surface area contributed by atoms with Gasteiger partial charge in [0.2, 0.25) is 0 Å². The van der Waals surface area contributed by atoms with E-state index in [1.54, 1.807) is 0 Å². The lowest BCUT2D eigenvalue weighted by atomic mass is 10.1. The molecule has 0 aliphatic carbocycles. The Balaban J connectivity index is 2.01. The quantitative estimate of drug-likeness (QED) is 0.309. The van der Waals surface area contributed by atoms with Crippen molar-refractivity contribution in [3.8, 4) is 5.69 Å². The predicted molar refractivity (Wildman–Crippen MR) is 106 cm³/mol. The van der Waals surface area contributed by atoms with E-state index in [-0.39, 0.29) is 0 Å². The molecule has 0 radical (unpaired) electrons. The van der Waals surface area contributed by atoms with E-state index in [1.807, 2.05) is 0 Å². The molecule has 0 saturated carbocycles. The van der Waals surface area contributed by atoms with Crippen molar-refractivity contribution in [2.45, 2.75) is 0 Å². The highest BCUT2D eigenvalue weighted by atomic mass is 79.9. The van der Waals surface area contributed by atoms with E-state index in [9.17, 15) is 0 Å². The molecule has 24 heavy (non-hydrogen) atoms. The van der Waals surface area contributed by atoms with Crippen LogP contribution in [0.1, 0.15) is 0 Å². The van der Waals surface area contributed by atoms with Crippen LogP contribution in [-0.4, -0.2) is 4.57 Å². The third kappa shape index (κ3) is 2.00. The number of benzene rings is 4. The van der Waals surface area contributed by atoms with Gasteiger partial charge in [0, 0.05) is 20.9 Å². The number of hydrogen-bond acceptors (Lipinski definition) is 0. The van der Waals surface area contributed by atoms with E-state index in [2.05, 4.69) is 105 Å². The highest BCUT2D eigenvalue weighted by Gasteiger charge is 2.12. The molecule has 114 valence electrons. The summed E-state index contributed by atoms with van der Waals surface area (Å²) in [6.45, 7) is 0. The van der Waals surface area contributed by atoms with Gasteiger partial charge in [-0.15, -0.1) is 0 Å². The molecule has 1 nitrogen and oxygen atoms in total. The second kappa shape index (κ2) is 5.22. The molecule has 0 spiro atoms. The summed E-state index contributed by atoms with van der Waals surface area (Å²) < 4.78 is 3.47. The lowest BCUT2D eigenvalue weighted by Gasteiger charge is -2.08. The minimum Gasteiger partial charge on any atom is -0.309 e. The van der Waals surface area contributed by atoms with Crippen LogP contribution in [0.5, 0.6) is 0 Å². The van der Waals surface area contributed by atoms with Gasteiger partial charge in [0.05, 0.1) is 11.0 Å². The van der Waals surface area contributed by atoms with Crippen molar-refractivity contribution in [1.29, 1.82) is 0 Å². The van der Waals surface area contributed by atoms with Crippen molar-refractivity contribution in [2.75, 3.05) is 0 Å². The molecule has 0 amide bonds. The monoisotopic (exact) mass is 371 g/mol. The number of fused-ring (bicyclic) bond motifs is 4. The lowest BCUT2D eigenvalue weighted by Crippen LogP contribution is -1.92. The van der Waals surface area contributed by atoms with Crippen LogP contribution in [0.2, 0.25) is 0 Å². The second-order valence-corrected chi connectivity index (χ2v) is 6.96. The summed E-state index contributed by atoms with van der Waals surface area (Å²) in [5.41, 5.74) is 3.69. The zero-order valence-corrected chi connectivity index (χ0v) is 14.5. The topological polar surface area (TPSA) is 4.93 Å². The second-order valence-electron chi connectivity index (χ2n) is 6.05. The Labute approximate surface area is 148 Å². The molecule has 0 fully saturated rings. The third-order valence-electron chi connectivity index (χ3n) is 4.61. The standard InChI is InChI=1S/C22H14BrN/c23-17-11-10-15-14-22-20(13-16(15)12-17)19-8-4-5-9-21(19)24(22)18-6-2-1-3-7-18/h1-14H. The fourth-order valence-corrected chi connectivity index (χ4v) is 3.92. The molecule has 1 heterocycles. The van der Waals surface area contributed by atoms with Crippen molar-refractivity contribution in [2.24, 2.45) is 0 Å². The first-order valence-corrected chi connectivity index (χ1v) is 8.78. The van der Waals surface area contributed by atoms with E-state index in [1.165, 1.54) is 38.3 Å². The molecule has 4 aromatic carbocycles. The van der Waals surface area contributed by atoms with E-state index >= 15 is 0 Å². The molecule has 5 aromatic rings. The lowest BCUT2D eigenvalue weighted by molar-refractivity contribution is 1.18. The van der Waals surface area contributed by atoms with Crippen LogP contribution in [0.4, 0.5) is 0 Å². The zero-order chi connectivity index (χ0) is 16.1. The van der Waals surface area contributed by atoms with E-state index in [0.29, 0.717) is 0 Å². The number of rotatable bonds is 1. The minimum atomic E-state index is 1.11. The van der Waals surface area contributed by atoms with Crippen molar-refractivity contribution in [1.82, 2.24) is 4.57 Å². The van der Waals surface area contributed by atoms with Crippen LogP contribution in [0.3, 0.4) is 0 Å². The van der Waals surface area contributed by atoms with Gasteiger partial charge in [0.1, 0.15) is 0 Å². The Morgan fingerprint density at radius 1 is 0.583 bits per heavy atom. The SMILES string of the molecule is Brc1ccc2cc3c(cc2c1)c1ccccc1n3-c1ccccc1. The minimum absolute atomic E-state index is 1.11. The zero-order valence-electron chi connectivity index (χ0n) is 12.9. The number of nitrogens with zero attached hydrogens (tertiary/aromatic N) is 1. The number of hydrogen-bond donors (Lipinski definition) is 0. The predicted octanol–water partition coefficient (Wildman–Crippen LogP) is 6.70. The van der Waals surface area contributed by atoms with Crippen molar-refractivity contribution < 1.29 is 0 Å². The summed E-state index contributed by atoms with van der Waals surface area (Å²) in [5.74, 6) is 0. The molecular weight excluding hydrogens is 358 g/mol. The normalized spacial score (nSPS) is 11.5. The van der Waals surface area contributed by atoms with Crippen LogP contribution >= 0.6 is 15.9 Å². The number of para-hydroxylation sites is 2. The Bertz CT molecular complexity index is 1200. The van der Waals surface area contributed by atoms with Gasteiger partial charge >= 0.3 is 0 Å². The molecule has 5 rings (SSSR count).